The van der Waals surface area contributed by atoms with E-state index in [2.05, 4.69) is 135 Å². The van der Waals surface area contributed by atoms with Crippen LogP contribution in [0, 0.1) is 0 Å². The Morgan fingerprint density at radius 2 is 0.679 bits per heavy atom. The number of rotatable bonds is 17. The molecule has 21 rings (SSSR count). The predicted molar refractivity (Wildman–Crippen MR) is 514 cm³/mol. The summed E-state index contributed by atoms with van der Waals surface area (Å²) in [6.45, 7) is 0. The van der Waals surface area contributed by atoms with Gasteiger partial charge in [-0.1, -0.05) is 243 Å². The minimum atomic E-state index is -1.03. The van der Waals surface area contributed by atoms with Crippen LogP contribution in [-0.4, -0.2) is 148 Å². The molecule has 4 N–H and O–H groups in total. The Morgan fingerprint density at radius 3 is 1.04 bits per heavy atom. The number of carbonyl (C=O) groups is 2. The molecule has 4 aromatic heterocycles. The second-order valence-corrected chi connectivity index (χ2v) is 31.5. The third-order valence-corrected chi connectivity index (χ3v) is 23.5. The molecule has 0 radical (unpaired) electrons. The van der Waals surface area contributed by atoms with Gasteiger partial charge in [-0.25, -0.2) is 59.5 Å². The number of carboxylic acids is 2. The van der Waals surface area contributed by atoms with Crippen molar-refractivity contribution in [2.75, 3.05) is 28.2 Å². The number of phenols is 2. The van der Waals surface area contributed by atoms with Gasteiger partial charge in [0.05, 0.1) is 44.9 Å². The summed E-state index contributed by atoms with van der Waals surface area (Å²) in [7, 11) is 7.30. The largest absolute Gasteiger partial charge is 2.00 e. The Morgan fingerprint density at radius 1 is 0.343 bits per heavy atom. The van der Waals surface area contributed by atoms with Crippen LogP contribution in [0.2, 0.25) is 0 Å². The number of hydrogen-bond donors (Lipinski definition) is 4. The summed E-state index contributed by atoms with van der Waals surface area (Å²) >= 11 is 10.8. The summed E-state index contributed by atoms with van der Waals surface area (Å²) in [5.74, 6) is -0.815. The van der Waals surface area contributed by atoms with Gasteiger partial charge in [0, 0.05) is 113 Å². The van der Waals surface area contributed by atoms with Crippen LogP contribution in [0.3, 0.4) is 0 Å². The SMILES string of the molecule is C[N+]1=c2cccc(C(=O)O)c2=NC1C1N=c2c(C(=O)O)cccc2=[N+]1C.C[N-]c1ccccc1-c1cc(-c2ccccc2)c2ccc3c(-c4ccccc4)cc(-c4ccccc4[N-]C)nc3c2n1.Oc1ccccc1C1=NC(C2N=C(c3ccccc3O)C=[N+]2c2ccccc2)[N+](c2ccccc2)=C1.[Pt+2].[Pt+2].[Pt].[Pt].[S-]c1ccccc1-c1ccnc(-c2nccc(-c3ccccc3[S-])n2)n1. The third kappa shape index (κ3) is 19.9. The first-order chi connectivity index (χ1) is 63.5. The number of phenolic OH excluding ortho intramolecular Hbond substituents is 2. The van der Waals surface area contributed by atoms with E-state index in [1.165, 1.54) is 12.1 Å². The quantitative estimate of drug-likeness (QED) is 0.0375. The molecule has 8 heterocycles. The van der Waals surface area contributed by atoms with Crippen LogP contribution in [0.5, 0.6) is 11.5 Å². The predicted octanol–water partition coefficient (Wildman–Crippen LogP) is 17.6. The van der Waals surface area contributed by atoms with Crippen LogP contribution in [0.15, 0.2) is 382 Å². The van der Waals surface area contributed by atoms with Crippen molar-refractivity contribution in [3.05, 3.63) is 406 Å². The molecule has 0 fully saturated rings. The van der Waals surface area contributed by atoms with Gasteiger partial charge in [0.1, 0.15) is 37.0 Å². The Balaban J connectivity index is 0.000000145. The van der Waals surface area contributed by atoms with Crippen molar-refractivity contribution >= 4 is 106 Å². The van der Waals surface area contributed by atoms with Crippen molar-refractivity contribution in [2.45, 2.75) is 34.5 Å². The molecule has 0 saturated carbocycles. The van der Waals surface area contributed by atoms with E-state index < -0.39 is 36.6 Å². The molecule has 0 amide bonds. The summed E-state index contributed by atoms with van der Waals surface area (Å²) < 4.78 is 7.93. The number of fused-ring (bicyclic) bond motifs is 5. The van der Waals surface area contributed by atoms with Gasteiger partial charge >= 0.3 is 78.7 Å². The van der Waals surface area contributed by atoms with Crippen LogP contribution in [0.4, 0.5) is 22.7 Å². The molecule has 28 heteroatoms. The Hall–Kier alpha value is -13.9. The molecule has 22 nitrogen and oxygen atoms in total. The van der Waals surface area contributed by atoms with E-state index in [9.17, 15) is 30.0 Å². The zero-order chi connectivity index (χ0) is 89.5. The number of aromatic hydroxyl groups is 2. The van der Waals surface area contributed by atoms with Crippen molar-refractivity contribution in [1.82, 2.24) is 39.1 Å². The molecule has 4 unspecified atom stereocenters. The second-order valence-electron chi connectivity index (χ2n) is 30.6. The third-order valence-electron chi connectivity index (χ3n) is 22.8. The summed E-state index contributed by atoms with van der Waals surface area (Å²) in [6, 6.07) is 110. The number of nitrogens with zero attached hydrogens (tertiary/aromatic N) is 16. The minimum absolute atomic E-state index is 0. The number of aromatic carboxylic acids is 2. The Labute approximate surface area is 839 Å². The van der Waals surface area contributed by atoms with Crippen LogP contribution in [0.25, 0.3) is 111 Å². The van der Waals surface area contributed by atoms with Gasteiger partial charge in [-0.15, -0.1) is 25.5 Å². The summed E-state index contributed by atoms with van der Waals surface area (Å²) in [6.07, 6.45) is 5.57. The monoisotopic (exact) mass is 2520 g/mol. The topological polar surface area (TPSA) is 282 Å². The number of hydrogen-bond acceptors (Lipinski definition) is 16. The van der Waals surface area contributed by atoms with Crippen LogP contribution >= 0.6 is 0 Å². The summed E-state index contributed by atoms with van der Waals surface area (Å²) in [5.41, 5.74) is 19.9. The van der Waals surface area contributed by atoms with Gasteiger partial charge in [0.15, 0.2) is 34.8 Å². The first kappa shape index (κ1) is 96.1. The Bertz CT molecular complexity index is 7290. The van der Waals surface area contributed by atoms with E-state index in [-0.39, 0.29) is 107 Å². The number of para-hydroxylation sites is 8. The molecule has 0 spiro atoms. The van der Waals surface area contributed by atoms with Crippen molar-refractivity contribution < 1.29 is 123 Å². The molecule has 4 aliphatic heterocycles. The maximum atomic E-state index is 11.5. The molecule has 0 bridgehead atoms. The molecule has 0 saturated heterocycles. The zero-order valence-corrected chi connectivity index (χ0v) is 82.5. The first-order valence-electron chi connectivity index (χ1n) is 41.7. The number of likely N-dealkylation sites (N-methyl/N-ethyl adjacent to an activating group) is 2. The molecule has 134 heavy (non-hydrogen) atoms. The summed E-state index contributed by atoms with van der Waals surface area (Å²) in [4.78, 5) is 72.3. The number of aliphatic imine (C=N–C) groups is 2. The van der Waals surface area contributed by atoms with Crippen LogP contribution in [-0.2, 0) is 110 Å². The van der Waals surface area contributed by atoms with Crippen LogP contribution in [0.1, 0.15) is 31.8 Å². The number of benzene rings is 13. The first-order valence-corrected chi connectivity index (χ1v) is 42.5. The van der Waals surface area contributed by atoms with Gasteiger partial charge in [0.25, 0.3) is 0 Å². The number of carboxylic acid groups (broad SMARTS) is 2. The fourth-order valence-corrected chi connectivity index (χ4v) is 17.0. The average molecular weight is 2520 g/mol. The van der Waals surface area contributed by atoms with Crippen molar-refractivity contribution in [2.24, 2.45) is 20.0 Å². The second kappa shape index (κ2) is 43.2. The van der Waals surface area contributed by atoms with Crippen molar-refractivity contribution in [3.63, 3.8) is 0 Å². The van der Waals surface area contributed by atoms with Gasteiger partial charge in [-0.2, -0.15) is 28.1 Å². The number of pyridine rings is 2. The van der Waals surface area contributed by atoms with E-state index in [1.807, 2.05) is 256 Å². The van der Waals surface area contributed by atoms with E-state index >= 15 is 0 Å². The average Bonchev–Trinajstić information content (AvgIpc) is 1.45. The summed E-state index contributed by atoms with van der Waals surface area (Å²) in [5, 5.41) is 53.4. The van der Waals surface area contributed by atoms with E-state index in [1.54, 1.807) is 48.8 Å². The van der Waals surface area contributed by atoms with E-state index in [4.69, 9.17) is 45.2 Å². The molecule has 17 aromatic rings. The van der Waals surface area contributed by atoms with Gasteiger partial charge in [-0.05, 0) is 105 Å². The van der Waals surface area contributed by atoms with Gasteiger partial charge < -0.3 is 56.3 Å². The zero-order valence-electron chi connectivity index (χ0n) is 71.8. The van der Waals surface area contributed by atoms with Crippen molar-refractivity contribution in [3.8, 4) is 90.4 Å². The molecule has 668 valence electrons. The van der Waals surface area contributed by atoms with E-state index in [0.717, 1.165) is 122 Å². The normalized spacial score (nSPS) is 14.5. The Kier molecular flexibility index (Phi) is 31.0. The maximum absolute atomic E-state index is 11.5. The maximum Gasteiger partial charge on any atom is 2.00 e. The van der Waals surface area contributed by atoms with Gasteiger partial charge in [0.2, 0.25) is 22.1 Å². The fourth-order valence-electron chi connectivity index (χ4n) is 16.5. The standard InChI is InChI=1S/C38H28N4.C30H22N4O2.C20H14N4S2.C18H14N4O4.4Pt/c1-39-33-19-11-9-17-29(33)35-23-31(25-13-5-3-6-14-25)27-21-22-28-32(26-15-7-4-8-16-26)24-36(42-38(28)37(27)41-35)30-18-10-12-20-34(30)40-2;35-27-17-9-7-15-23(27)25-19-33(21-11-3-1-4-12-21)29(31-25)30-32-26(24-16-8-10-18-28(24)36)20-34(30)22-13-5-2-6-14-22;25-17-7-3-1-5-13(17)15-9-11-21-19(23-15)20-22-12-10-16(24-20)14-6-2-4-8-18(14)26;1-21-11-7-3-5-9(17(23)24)13(11)19-15(21)16-20-14-10(18(25)26)6-4-8-12(14)22(16)2;;;;/h3-24H,1-2H3;1-20,29-30H;1-12,25-26H;3-8,15-16H,1-2H3;;;;/q-2;;;;;;2*+2/p+2. The molecule has 4 atom stereocenters. The fraction of sp³-hybridized carbons (Fsp3) is 0.0755. The number of aromatic nitrogens is 6. The minimum Gasteiger partial charge on any atom is -0.779 e. The molecular weight excluding hydrogens is 2440 g/mol. The molecule has 0 aliphatic carbocycles. The smallest absolute Gasteiger partial charge is 0.779 e. The van der Waals surface area contributed by atoms with Crippen LogP contribution < -0.4 is 30.6 Å². The van der Waals surface area contributed by atoms with Crippen molar-refractivity contribution in [1.29, 1.82) is 0 Å². The van der Waals surface area contributed by atoms with Gasteiger partial charge in [-0.3, -0.25) is 0 Å². The molecule has 13 aromatic carbocycles. The molecular formula is C106H80N16O6Pt4S2+4. The van der Waals surface area contributed by atoms with E-state index in [0.29, 0.717) is 55.6 Å². The molecule has 4 aliphatic rings.